The SMILES string of the molecule is CCc1ccccc1NC(=O)CN1CCN(C(=O)CN2CCN(C(=O)c3ccccc3F)CC2)CC1. The number of piperazine rings is 2. The van der Waals surface area contributed by atoms with Crippen molar-refractivity contribution in [1.82, 2.24) is 19.6 Å². The van der Waals surface area contributed by atoms with E-state index in [1.165, 1.54) is 12.1 Å². The fourth-order valence-electron chi connectivity index (χ4n) is 4.70. The van der Waals surface area contributed by atoms with Gasteiger partial charge < -0.3 is 15.1 Å². The summed E-state index contributed by atoms with van der Waals surface area (Å²) in [7, 11) is 0. The van der Waals surface area contributed by atoms with Gasteiger partial charge in [0.15, 0.2) is 0 Å². The molecular weight excluding hydrogens is 461 g/mol. The van der Waals surface area contributed by atoms with Crippen molar-refractivity contribution in [3.63, 3.8) is 0 Å². The molecule has 2 aliphatic rings. The second kappa shape index (κ2) is 12.1. The molecule has 0 radical (unpaired) electrons. The van der Waals surface area contributed by atoms with Gasteiger partial charge in [-0.2, -0.15) is 0 Å². The second-order valence-corrected chi connectivity index (χ2v) is 9.26. The first-order valence-electron chi connectivity index (χ1n) is 12.6. The highest BCUT2D eigenvalue weighted by molar-refractivity contribution is 5.94. The molecule has 0 saturated carbocycles. The van der Waals surface area contributed by atoms with E-state index in [1.54, 1.807) is 17.0 Å². The fraction of sp³-hybridized carbons (Fsp3) is 0.444. The molecule has 8 nitrogen and oxygen atoms in total. The number of nitrogens with zero attached hydrogens (tertiary/aromatic N) is 4. The molecule has 0 atom stereocenters. The summed E-state index contributed by atoms with van der Waals surface area (Å²) in [6, 6.07) is 13.8. The highest BCUT2D eigenvalue weighted by Gasteiger charge is 2.27. The van der Waals surface area contributed by atoms with Crippen LogP contribution in [0.25, 0.3) is 0 Å². The van der Waals surface area contributed by atoms with E-state index in [4.69, 9.17) is 0 Å². The summed E-state index contributed by atoms with van der Waals surface area (Å²) < 4.78 is 13.9. The predicted molar refractivity (Wildman–Crippen MR) is 136 cm³/mol. The lowest BCUT2D eigenvalue weighted by Gasteiger charge is -2.37. The number of para-hydroxylation sites is 1. The number of hydrogen-bond donors (Lipinski definition) is 1. The fourth-order valence-corrected chi connectivity index (χ4v) is 4.70. The van der Waals surface area contributed by atoms with Gasteiger partial charge in [0.25, 0.3) is 5.91 Å². The molecule has 0 unspecified atom stereocenters. The molecule has 2 saturated heterocycles. The van der Waals surface area contributed by atoms with Gasteiger partial charge in [-0.1, -0.05) is 37.3 Å². The van der Waals surface area contributed by atoms with Crippen LogP contribution in [-0.4, -0.2) is 103 Å². The van der Waals surface area contributed by atoms with Crippen molar-refractivity contribution < 1.29 is 18.8 Å². The van der Waals surface area contributed by atoms with Gasteiger partial charge in [-0.05, 0) is 30.2 Å². The van der Waals surface area contributed by atoms with Gasteiger partial charge in [-0.3, -0.25) is 24.2 Å². The van der Waals surface area contributed by atoms with Crippen LogP contribution < -0.4 is 5.32 Å². The third-order valence-corrected chi connectivity index (χ3v) is 6.89. The number of carbonyl (C=O) groups excluding carboxylic acids is 3. The zero-order valence-electron chi connectivity index (χ0n) is 20.8. The molecule has 1 N–H and O–H groups in total. The molecule has 192 valence electrons. The van der Waals surface area contributed by atoms with Crippen molar-refractivity contribution in [2.45, 2.75) is 13.3 Å². The normalized spacial score (nSPS) is 17.2. The van der Waals surface area contributed by atoms with Crippen LogP contribution in [0.5, 0.6) is 0 Å². The summed E-state index contributed by atoms with van der Waals surface area (Å²) in [5.41, 5.74) is 2.05. The molecule has 2 aromatic carbocycles. The molecule has 2 aliphatic heterocycles. The Morgan fingerprint density at radius 3 is 2.03 bits per heavy atom. The highest BCUT2D eigenvalue weighted by Crippen LogP contribution is 2.16. The molecule has 0 bridgehead atoms. The van der Waals surface area contributed by atoms with Gasteiger partial charge in [0.05, 0.1) is 18.7 Å². The first kappa shape index (κ1) is 25.8. The molecule has 2 aromatic rings. The summed E-state index contributed by atoms with van der Waals surface area (Å²) in [6.45, 7) is 7.22. The molecule has 0 aromatic heterocycles. The Hall–Kier alpha value is -3.30. The first-order valence-corrected chi connectivity index (χ1v) is 12.6. The molecule has 2 fully saturated rings. The average molecular weight is 496 g/mol. The lowest BCUT2D eigenvalue weighted by Crippen LogP contribution is -2.55. The minimum atomic E-state index is -0.512. The summed E-state index contributed by atoms with van der Waals surface area (Å²) >= 11 is 0. The number of aryl methyl sites for hydroxylation is 1. The maximum Gasteiger partial charge on any atom is 0.256 e. The van der Waals surface area contributed by atoms with Gasteiger partial charge in [0.1, 0.15) is 5.82 Å². The lowest BCUT2D eigenvalue weighted by atomic mass is 10.1. The maximum atomic E-state index is 13.9. The van der Waals surface area contributed by atoms with Gasteiger partial charge >= 0.3 is 0 Å². The number of halogens is 1. The first-order chi connectivity index (χ1) is 17.4. The van der Waals surface area contributed by atoms with Crippen molar-refractivity contribution in [3.05, 3.63) is 65.5 Å². The average Bonchev–Trinajstić information content (AvgIpc) is 2.89. The van der Waals surface area contributed by atoms with Gasteiger partial charge in [0, 0.05) is 58.0 Å². The van der Waals surface area contributed by atoms with Crippen LogP contribution in [0, 0.1) is 5.82 Å². The van der Waals surface area contributed by atoms with Crippen LogP contribution in [-0.2, 0) is 16.0 Å². The lowest BCUT2D eigenvalue weighted by molar-refractivity contribution is -0.134. The zero-order valence-corrected chi connectivity index (χ0v) is 20.8. The van der Waals surface area contributed by atoms with E-state index < -0.39 is 5.82 Å². The van der Waals surface area contributed by atoms with Gasteiger partial charge in [-0.15, -0.1) is 0 Å². The van der Waals surface area contributed by atoms with Crippen molar-refractivity contribution >= 4 is 23.4 Å². The summed E-state index contributed by atoms with van der Waals surface area (Å²) in [5, 5.41) is 3.01. The van der Waals surface area contributed by atoms with E-state index in [-0.39, 0.29) is 23.3 Å². The quantitative estimate of drug-likeness (QED) is 0.635. The Labute approximate surface area is 211 Å². The monoisotopic (exact) mass is 495 g/mol. The van der Waals surface area contributed by atoms with Crippen molar-refractivity contribution in [1.29, 1.82) is 0 Å². The van der Waals surface area contributed by atoms with E-state index in [1.807, 2.05) is 34.1 Å². The van der Waals surface area contributed by atoms with Crippen LogP contribution in [0.15, 0.2) is 48.5 Å². The second-order valence-electron chi connectivity index (χ2n) is 9.26. The topological polar surface area (TPSA) is 76.2 Å². The Kier molecular flexibility index (Phi) is 8.66. The number of anilines is 1. The van der Waals surface area contributed by atoms with Gasteiger partial charge in [0.2, 0.25) is 11.8 Å². The van der Waals surface area contributed by atoms with Crippen molar-refractivity contribution in [3.8, 4) is 0 Å². The maximum absolute atomic E-state index is 13.9. The largest absolute Gasteiger partial charge is 0.339 e. The third kappa shape index (κ3) is 6.47. The molecule has 0 aliphatic carbocycles. The zero-order chi connectivity index (χ0) is 25.5. The van der Waals surface area contributed by atoms with Gasteiger partial charge in [-0.25, -0.2) is 4.39 Å². The summed E-state index contributed by atoms with van der Waals surface area (Å²) in [6.07, 6.45) is 0.855. The number of hydrogen-bond acceptors (Lipinski definition) is 5. The van der Waals surface area contributed by atoms with E-state index in [2.05, 4.69) is 17.1 Å². The van der Waals surface area contributed by atoms with E-state index >= 15 is 0 Å². The molecule has 3 amide bonds. The smallest absolute Gasteiger partial charge is 0.256 e. The number of nitrogens with one attached hydrogen (secondary N) is 1. The Bertz CT molecular complexity index is 1080. The predicted octanol–water partition coefficient (Wildman–Crippen LogP) is 1.93. The molecule has 36 heavy (non-hydrogen) atoms. The Balaban J connectivity index is 1.17. The standard InChI is InChI=1S/C27H34FN5O3/c1-2-21-7-3-6-10-24(21)29-25(34)19-30-11-15-32(16-12-30)26(35)20-31-13-17-33(18-14-31)27(36)22-8-4-5-9-23(22)28/h3-10H,2,11-20H2,1H3,(H,29,34). The third-order valence-electron chi connectivity index (χ3n) is 6.89. The molecule has 2 heterocycles. The number of carbonyl (C=O) groups is 3. The Morgan fingerprint density at radius 1 is 0.778 bits per heavy atom. The minimum Gasteiger partial charge on any atom is -0.339 e. The molecule has 0 spiro atoms. The van der Waals surface area contributed by atoms with Crippen molar-refractivity contribution in [2.75, 3.05) is 70.8 Å². The summed E-state index contributed by atoms with van der Waals surface area (Å²) in [5.74, 6) is -0.803. The van der Waals surface area contributed by atoms with Crippen molar-refractivity contribution in [2.24, 2.45) is 0 Å². The minimum absolute atomic E-state index is 0.0431. The van der Waals surface area contributed by atoms with E-state index in [0.29, 0.717) is 65.4 Å². The molecule has 4 rings (SSSR count). The Morgan fingerprint density at radius 2 is 1.36 bits per heavy atom. The van der Waals surface area contributed by atoms with Crippen LogP contribution in [0.4, 0.5) is 10.1 Å². The number of amides is 3. The van der Waals surface area contributed by atoms with Crippen LogP contribution >= 0.6 is 0 Å². The number of benzene rings is 2. The van der Waals surface area contributed by atoms with Crippen LogP contribution in [0.3, 0.4) is 0 Å². The van der Waals surface area contributed by atoms with E-state index in [9.17, 15) is 18.8 Å². The van der Waals surface area contributed by atoms with Crippen LogP contribution in [0.1, 0.15) is 22.8 Å². The highest BCUT2D eigenvalue weighted by atomic mass is 19.1. The molecular formula is C27H34FN5O3. The molecule has 9 heteroatoms. The number of rotatable bonds is 7. The van der Waals surface area contributed by atoms with E-state index in [0.717, 1.165) is 17.7 Å². The summed E-state index contributed by atoms with van der Waals surface area (Å²) in [4.78, 5) is 45.6. The van der Waals surface area contributed by atoms with Crippen LogP contribution in [0.2, 0.25) is 0 Å².